The topological polar surface area (TPSA) is 54.4 Å². The highest BCUT2D eigenvalue weighted by Gasteiger charge is 2.21. The van der Waals surface area contributed by atoms with Crippen LogP contribution in [0.25, 0.3) is 11.1 Å². The third kappa shape index (κ3) is 3.74. The molecule has 1 N–H and O–H groups in total. The van der Waals surface area contributed by atoms with E-state index in [0.717, 1.165) is 17.5 Å². The fraction of sp³-hybridized carbons (Fsp3) is 0.200. The Kier molecular flexibility index (Phi) is 5.46. The molecular formula is C25H24O3. The molecule has 3 aromatic carbocycles. The molecule has 0 atom stereocenters. The van der Waals surface area contributed by atoms with Gasteiger partial charge in [0.25, 0.3) is 0 Å². The molecule has 142 valence electrons. The summed E-state index contributed by atoms with van der Waals surface area (Å²) >= 11 is 0. The second kappa shape index (κ2) is 7.81. The first-order valence-corrected chi connectivity index (χ1v) is 9.42. The average molecular weight is 372 g/mol. The van der Waals surface area contributed by atoms with E-state index in [2.05, 4.69) is 32.9 Å². The zero-order valence-electron chi connectivity index (χ0n) is 16.4. The average Bonchev–Trinajstić information content (AvgIpc) is 2.73. The molecule has 3 nitrogen and oxygen atoms in total. The molecule has 0 unspecified atom stereocenters. The lowest BCUT2D eigenvalue weighted by Gasteiger charge is -2.23. The largest absolute Gasteiger partial charge is 0.478 e. The highest BCUT2D eigenvalue weighted by atomic mass is 16.4. The molecule has 0 radical (unpaired) electrons. The summed E-state index contributed by atoms with van der Waals surface area (Å²) in [7, 11) is 0. The zero-order chi connectivity index (χ0) is 20.3. The van der Waals surface area contributed by atoms with Crippen molar-refractivity contribution < 1.29 is 14.7 Å². The van der Waals surface area contributed by atoms with Gasteiger partial charge in [0.15, 0.2) is 5.78 Å². The number of carbonyl (C=O) groups is 2. The molecule has 0 bridgehead atoms. The van der Waals surface area contributed by atoms with Crippen LogP contribution in [0, 0.1) is 0 Å². The molecule has 0 heterocycles. The van der Waals surface area contributed by atoms with E-state index in [-0.39, 0.29) is 22.3 Å². The van der Waals surface area contributed by atoms with Crippen LogP contribution in [0.1, 0.15) is 59.0 Å². The lowest BCUT2D eigenvalue weighted by molar-refractivity contribution is 0.0693. The van der Waals surface area contributed by atoms with Crippen LogP contribution >= 0.6 is 0 Å². The SMILES string of the molecule is CCC(C)(C)c1ccc(-c2ccccc2C(=O)c2ccccc2C(=O)O)cc1. The van der Waals surface area contributed by atoms with Crippen LogP contribution in [0.4, 0.5) is 0 Å². The van der Waals surface area contributed by atoms with Crippen LogP contribution in [0.2, 0.25) is 0 Å². The summed E-state index contributed by atoms with van der Waals surface area (Å²) in [5.74, 6) is -1.39. The predicted octanol–water partition coefficient (Wildman–Crippen LogP) is 5.97. The van der Waals surface area contributed by atoms with E-state index in [0.29, 0.717) is 5.56 Å². The molecule has 3 aromatic rings. The minimum absolute atomic E-state index is 0.0161. The van der Waals surface area contributed by atoms with Gasteiger partial charge in [0, 0.05) is 11.1 Å². The smallest absolute Gasteiger partial charge is 0.336 e. The van der Waals surface area contributed by atoms with Crippen molar-refractivity contribution in [2.24, 2.45) is 0 Å². The van der Waals surface area contributed by atoms with E-state index in [1.54, 1.807) is 30.3 Å². The number of ketones is 1. The third-order valence-corrected chi connectivity index (χ3v) is 5.44. The van der Waals surface area contributed by atoms with E-state index in [4.69, 9.17) is 0 Å². The Hall–Kier alpha value is -3.20. The van der Waals surface area contributed by atoms with E-state index in [1.807, 2.05) is 24.3 Å². The predicted molar refractivity (Wildman–Crippen MR) is 112 cm³/mol. The summed E-state index contributed by atoms with van der Waals surface area (Å²) in [6, 6.07) is 21.9. The van der Waals surface area contributed by atoms with E-state index in [9.17, 15) is 14.7 Å². The fourth-order valence-electron chi connectivity index (χ4n) is 3.25. The Bertz CT molecular complexity index is 1010. The number of benzene rings is 3. The quantitative estimate of drug-likeness (QED) is 0.542. The third-order valence-electron chi connectivity index (χ3n) is 5.44. The highest BCUT2D eigenvalue weighted by molar-refractivity contribution is 6.17. The van der Waals surface area contributed by atoms with Gasteiger partial charge in [-0.3, -0.25) is 4.79 Å². The molecule has 0 saturated carbocycles. The zero-order valence-corrected chi connectivity index (χ0v) is 16.4. The molecular weight excluding hydrogens is 348 g/mol. The van der Waals surface area contributed by atoms with Crippen molar-refractivity contribution in [3.05, 3.63) is 95.1 Å². The van der Waals surface area contributed by atoms with Crippen LogP contribution in [0.3, 0.4) is 0 Å². The van der Waals surface area contributed by atoms with Gasteiger partial charge in [-0.25, -0.2) is 4.79 Å². The summed E-state index contributed by atoms with van der Waals surface area (Å²) < 4.78 is 0. The first-order valence-electron chi connectivity index (χ1n) is 9.42. The Morgan fingerprint density at radius 1 is 0.786 bits per heavy atom. The highest BCUT2D eigenvalue weighted by Crippen LogP contribution is 2.31. The Morgan fingerprint density at radius 2 is 1.32 bits per heavy atom. The van der Waals surface area contributed by atoms with Gasteiger partial charge >= 0.3 is 5.97 Å². The number of aromatic carboxylic acids is 1. The molecule has 3 rings (SSSR count). The van der Waals surface area contributed by atoms with Crippen molar-refractivity contribution in [1.82, 2.24) is 0 Å². The van der Waals surface area contributed by atoms with Gasteiger partial charge in [-0.2, -0.15) is 0 Å². The molecule has 0 spiro atoms. The molecule has 0 aliphatic rings. The lowest BCUT2D eigenvalue weighted by Crippen LogP contribution is -2.15. The van der Waals surface area contributed by atoms with Crippen molar-refractivity contribution in [3.8, 4) is 11.1 Å². The molecule has 28 heavy (non-hydrogen) atoms. The van der Waals surface area contributed by atoms with Crippen LogP contribution in [-0.2, 0) is 5.41 Å². The fourth-order valence-corrected chi connectivity index (χ4v) is 3.25. The van der Waals surface area contributed by atoms with E-state index in [1.165, 1.54) is 11.6 Å². The van der Waals surface area contributed by atoms with Gasteiger partial charge in [-0.05, 0) is 34.6 Å². The Morgan fingerprint density at radius 3 is 1.89 bits per heavy atom. The van der Waals surface area contributed by atoms with Gasteiger partial charge in [-0.15, -0.1) is 0 Å². The number of hydrogen-bond donors (Lipinski definition) is 1. The molecule has 3 heteroatoms. The minimum Gasteiger partial charge on any atom is -0.478 e. The van der Waals surface area contributed by atoms with E-state index < -0.39 is 5.97 Å². The van der Waals surface area contributed by atoms with Crippen LogP contribution in [-0.4, -0.2) is 16.9 Å². The Balaban J connectivity index is 2.06. The van der Waals surface area contributed by atoms with Gasteiger partial charge < -0.3 is 5.11 Å². The molecule has 0 saturated heterocycles. The first kappa shape index (κ1) is 19.6. The first-order chi connectivity index (χ1) is 13.3. The van der Waals surface area contributed by atoms with Gasteiger partial charge in [0.2, 0.25) is 0 Å². The standard InChI is InChI=1S/C25H24O3/c1-4-25(2,3)18-15-13-17(14-16-18)19-9-5-6-10-20(19)23(26)21-11-7-8-12-22(21)24(27)28/h5-16H,4H2,1-3H3,(H,27,28). The van der Waals surface area contributed by atoms with Crippen molar-refractivity contribution in [2.75, 3.05) is 0 Å². The Labute approximate surface area is 165 Å². The lowest BCUT2D eigenvalue weighted by atomic mass is 9.81. The summed E-state index contributed by atoms with van der Waals surface area (Å²) in [4.78, 5) is 24.7. The van der Waals surface area contributed by atoms with Crippen molar-refractivity contribution in [2.45, 2.75) is 32.6 Å². The van der Waals surface area contributed by atoms with E-state index >= 15 is 0 Å². The van der Waals surface area contributed by atoms with Gasteiger partial charge in [-0.1, -0.05) is 87.5 Å². The van der Waals surface area contributed by atoms with Crippen LogP contribution < -0.4 is 0 Å². The molecule has 0 aliphatic carbocycles. The van der Waals surface area contributed by atoms with Gasteiger partial charge in [0.05, 0.1) is 5.56 Å². The summed E-state index contributed by atoms with van der Waals surface area (Å²) in [5.41, 5.74) is 3.79. The number of rotatable bonds is 6. The maximum Gasteiger partial charge on any atom is 0.336 e. The van der Waals surface area contributed by atoms with Gasteiger partial charge in [0.1, 0.15) is 0 Å². The normalized spacial score (nSPS) is 11.2. The van der Waals surface area contributed by atoms with Crippen LogP contribution in [0.15, 0.2) is 72.8 Å². The minimum atomic E-state index is -1.10. The van der Waals surface area contributed by atoms with Crippen molar-refractivity contribution in [1.29, 1.82) is 0 Å². The second-order valence-electron chi connectivity index (χ2n) is 7.54. The summed E-state index contributed by atoms with van der Waals surface area (Å²) in [6.07, 6.45) is 1.04. The second-order valence-corrected chi connectivity index (χ2v) is 7.54. The maximum atomic E-state index is 13.2. The number of carboxylic acid groups (broad SMARTS) is 1. The molecule has 0 amide bonds. The molecule has 0 aromatic heterocycles. The van der Waals surface area contributed by atoms with Crippen molar-refractivity contribution in [3.63, 3.8) is 0 Å². The summed E-state index contributed by atoms with van der Waals surface area (Å²) in [6.45, 7) is 6.59. The number of carboxylic acids is 1. The van der Waals surface area contributed by atoms with Crippen molar-refractivity contribution >= 4 is 11.8 Å². The molecule has 0 fully saturated rings. The maximum absolute atomic E-state index is 13.2. The van der Waals surface area contributed by atoms with Crippen LogP contribution in [0.5, 0.6) is 0 Å². The summed E-state index contributed by atoms with van der Waals surface area (Å²) in [5, 5.41) is 9.43. The monoisotopic (exact) mass is 372 g/mol. The number of carbonyl (C=O) groups excluding carboxylic acids is 1. The number of hydrogen-bond acceptors (Lipinski definition) is 2. The molecule has 0 aliphatic heterocycles.